The molecule has 6 nitrogen and oxygen atoms in total. The third-order valence-electron chi connectivity index (χ3n) is 4.66. The van der Waals surface area contributed by atoms with Gasteiger partial charge in [0.1, 0.15) is 0 Å². The second kappa shape index (κ2) is 7.56. The first kappa shape index (κ1) is 17.9. The van der Waals surface area contributed by atoms with E-state index in [-0.39, 0.29) is 11.8 Å². The number of piperazine rings is 1. The van der Waals surface area contributed by atoms with Crippen LogP contribution in [0.5, 0.6) is 0 Å². The van der Waals surface area contributed by atoms with Crippen molar-refractivity contribution in [3.05, 3.63) is 53.3 Å². The topological polar surface area (TPSA) is 65.5 Å². The highest BCUT2D eigenvalue weighted by Crippen LogP contribution is 2.22. The molecule has 2 amide bonds. The van der Waals surface area contributed by atoms with Gasteiger partial charge in [-0.25, -0.2) is 0 Å². The number of hydrogen-bond acceptors (Lipinski definition) is 4. The van der Waals surface area contributed by atoms with E-state index in [0.717, 1.165) is 16.9 Å². The number of nitrogens with zero attached hydrogens (tertiary/aromatic N) is 3. The van der Waals surface area contributed by atoms with E-state index in [1.54, 1.807) is 29.1 Å². The van der Waals surface area contributed by atoms with Gasteiger partial charge in [0.2, 0.25) is 5.91 Å². The second-order valence-electron chi connectivity index (χ2n) is 6.70. The van der Waals surface area contributed by atoms with Crippen LogP contribution in [0.2, 0.25) is 0 Å². The van der Waals surface area contributed by atoms with E-state index in [1.165, 1.54) is 5.56 Å². The number of hydrogen-bond donors (Lipinski definition) is 1. The van der Waals surface area contributed by atoms with Crippen molar-refractivity contribution >= 4 is 23.2 Å². The Balaban J connectivity index is 1.71. The minimum Gasteiger partial charge on any atom is -0.354 e. The SMILES string of the molecule is CC(=O)N1CCN(C(=O)c2cncc(Nc3ccc(C)cc3C)c2)CC1. The summed E-state index contributed by atoms with van der Waals surface area (Å²) in [5, 5.41) is 3.33. The lowest BCUT2D eigenvalue weighted by atomic mass is 10.1. The third kappa shape index (κ3) is 4.02. The second-order valence-corrected chi connectivity index (χ2v) is 6.70. The Morgan fingerprint density at radius 1 is 1.00 bits per heavy atom. The van der Waals surface area contributed by atoms with E-state index >= 15 is 0 Å². The van der Waals surface area contributed by atoms with Gasteiger partial charge in [-0.15, -0.1) is 0 Å². The molecule has 0 radical (unpaired) electrons. The molecule has 1 saturated heterocycles. The van der Waals surface area contributed by atoms with Crippen LogP contribution < -0.4 is 5.32 Å². The van der Waals surface area contributed by atoms with Crippen LogP contribution in [-0.4, -0.2) is 52.8 Å². The molecule has 1 aliphatic heterocycles. The molecule has 1 N–H and O–H groups in total. The minimum absolute atomic E-state index is 0.0509. The monoisotopic (exact) mass is 352 g/mol. The largest absolute Gasteiger partial charge is 0.354 e. The number of aromatic nitrogens is 1. The van der Waals surface area contributed by atoms with Crippen LogP contribution in [0.1, 0.15) is 28.4 Å². The number of rotatable bonds is 3. The highest BCUT2D eigenvalue weighted by atomic mass is 16.2. The van der Waals surface area contributed by atoms with Crippen LogP contribution in [0.3, 0.4) is 0 Å². The zero-order chi connectivity index (χ0) is 18.7. The average molecular weight is 352 g/mol. The number of carbonyl (C=O) groups is 2. The maximum Gasteiger partial charge on any atom is 0.255 e. The van der Waals surface area contributed by atoms with Gasteiger partial charge in [0.15, 0.2) is 0 Å². The molecule has 0 atom stereocenters. The van der Waals surface area contributed by atoms with Gasteiger partial charge in [-0.1, -0.05) is 17.7 Å². The van der Waals surface area contributed by atoms with Gasteiger partial charge >= 0.3 is 0 Å². The number of aryl methyl sites for hydroxylation is 2. The lowest BCUT2D eigenvalue weighted by Gasteiger charge is -2.34. The van der Waals surface area contributed by atoms with E-state index in [4.69, 9.17) is 0 Å². The molecule has 2 heterocycles. The van der Waals surface area contributed by atoms with Crippen molar-refractivity contribution in [2.24, 2.45) is 0 Å². The highest BCUT2D eigenvalue weighted by Gasteiger charge is 2.23. The van der Waals surface area contributed by atoms with Gasteiger partial charge in [-0.3, -0.25) is 14.6 Å². The standard InChI is InChI=1S/C20H24N4O2/c1-14-4-5-19(15(2)10-14)22-18-11-17(12-21-13-18)20(26)24-8-6-23(7-9-24)16(3)25/h4-5,10-13,22H,6-9H2,1-3H3. The summed E-state index contributed by atoms with van der Waals surface area (Å²) in [6.45, 7) is 7.92. The van der Waals surface area contributed by atoms with Crippen molar-refractivity contribution in [3.8, 4) is 0 Å². The van der Waals surface area contributed by atoms with Crippen LogP contribution in [0.25, 0.3) is 0 Å². The molecule has 0 saturated carbocycles. The van der Waals surface area contributed by atoms with Gasteiger partial charge in [0, 0.05) is 45.0 Å². The summed E-state index contributed by atoms with van der Waals surface area (Å²) >= 11 is 0. The lowest BCUT2D eigenvalue weighted by molar-refractivity contribution is -0.130. The summed E-state index contributed by atoms with van der Waals surface area (Å²) in [5.41, 5.74) is 4.68. The predicted molar refractivity (Wildman–Crippen MR) is 102 cm³/mol. The maximum absolute atomic E-state index is 12.7. The predicted octanol–water partition coefficient (Wildman–Crippen LogP) is 2.75. The van der Waals surface area contributed by atoms with Crippen molar-refractivity contribution in [1.29, 1.82) is 0 Å². The van der Waals surface area contributed by atoms with E-state index in [0.29, 0.717) is 31.7 Å². The minimum atomic E-state index is -0.0509. The number of nitrogens with one attached hydrogen (secondary N) is 1. The molecule has 2 aromatic rings. The molecule has 0 unspecified atom stereocenters. The number of anilines is 2. The Hall–Kier alpha value is -2.89. The summed E-state index contributed by atoms with van der Waals surface area (Å²) < 4.78 is 0. The molecule has 6 heteroatoms. The Labute approximate surface area is 153 Å². The van der Waals surface area contributed by atoms with Gasteiger partial charge in [-0.05, 0) is 31.5 Å². The zero-order valence-electron chi connectivity index (χ0n) is 15.5. The number of benzene rings is 1. The number of pyridine rings is 1. The number of carbonyl (C=O) groups excluding carboxylic acids is 2. The Kier molecular flexibility index (Phi) is 5.21. The summed E-state index contributed by atoms with van der Waals surface area (Å²) in [6, 6.07) is 8.01. The third-order valence-corrected chi connectivity index (χ3v) is 4.66. The molecule has 1 fully saturated rings. The first-order valence-electron chi connectivity index (χ1n) is 8.78. The molecule has 1 aromatic heterocycles. The van der Waals surface area contributed by atoms with Crippen molar-refractivity contribution in [3.63, 3.8) is 0 Å². The average Bonchev–Trinajstić information content (AvgIpc) is 2.64. The Morgan fingerprint density at radius 3 is 2.35 bits per heavy atom. The van der Waals surface area contributed by atoms with Gasteiger partial charge in [0.25, 0.3) is 5.91 Å². The summed E-state index contributed by atoms with van der Waals surface area (Å²) in [5.74, 6) is 0.00316. The van der Waals surface area contributed by atoms with Crippen molar-refractivity contribution < 1.29 is 9.59 Å². The van der Waals surface area contributed by atoms with Crippen molar-refractivity contribution in [1.82, 2.24) is 14.8 Å². The molecule has 0 spiro atoms. The van der Waals surface area contributed by atoms with E-state index < -0.39 is 0 Å². The van der Waals surface area contributed by atoms with Gasteiger partial charge in [-0.2, -0.15) is 0 Å². The maximum atomic E-state index is 12.7. The molecule has 3 rings (SSSR count). The quantitative estimate of drug-likeness (QED) is 0.922. The molecule has 0 aliphatic carbocycles. The molecular formula is C20H24N4O2. The van der Waals surface area contributed by atoms with E-state index in [9.17, 15) is 9.59 Å². The van der Waals surface area contributed by atoms with Crippen LogP contribution >= 0.6 is 0 Å². The summed E-state index contributed by atoms with van der Waals surface area (Å²) in [4.78, 5) is 31.9. The molecular weight excluding hydrogens is 328 g/mol. The number of amides is 2. The van der Waals surface area contributed by atoms with Crippen LogP contribution in [0, 0.1) is 13.8 Å². The van der Waals surface area contributed by atoms with Gasteiger partial charge < -0.3 is 15.1 Å². The molecule has 0 bridgehead atoms. The van der Waals surface area contributed by atoms with E-state index in [1.807, 2.05) is 25.1 Å². The summed E-state index contributed by atoms with van der Waals surface area (Å²) in [6.07, 6.45) is 3.30. The normalized spacial score (nSPS) is 14.3. The first-order valence-corrected chi connectivity index (χ1v) is 8.78. The fraction of sp³-hybridized carbons (Fsp3) is 0.350. The fourth-order valence-corrected chi connectivity index (χ4v) is 3.14. The fourth-order valence-electron chi connectivity index (χ4n) is 3.14. The first-order chi connectivity index (χ1) is 12.4. The van der Waals surface area contributed by atoms with Gasteiger partial charge in [0.05, 0.1) is 17.4 Å². The summed E-state index contributed by atoms with van der Waals surface area (Å²) in [7, 11) is 0. The van der Waals surface area contributed by atoms with Crippen molar-refractivity contribution in [2.45, 2.75) is 20.8 Å². The lowest BCUT2D eigenvalue weighted by Crippen LogP contribution is -2.50. The van der Waals surface area contributed by atoms with Crippen LogP contribution in [-0.2, 0) is 4.79 Å². The van der Waals surface area contributed by atoms with Crippen LogP contribution in [0.15, 0.2) is 36.7 Å². The Bertz CT molecular complexity index is 826. The molecule has 136 valence electrons. The van der Waals surface area contributed by atoms with E-state index in [2.05, 4.69) is 23.3 Å². The van der Waals surface area contributed by atoms with Crippen molar-refractivity contribution in [2.75, 3.05) is 31.5 Å². The smallest absolute Gasteiger partial charge is 0.255 e. The zero-order valence-corrected chi connectivity index (χ0v) is 15.5. The molecule has 26 heavy (non-hydrogen) atoms. The molecule has 1 aromatic carbocycles. The molecule has 1 aliphatic rings. The highest BCUT2D eigenvalue weighted by molar-refractivity contribution is 5.95. The van der Waals surface area contributed by atoms with Crippen LogP contribution in [0.4, 0.5) is 11.4 Å². The Morgan fingerprint density at radius 2 is 1.69 bits per heavy atom.